The van der Waals surface area contributed by atoms with Gasteiger partial charge in [0.1, 0.15) is 0 Å². The number of carbonyl (C=O) groups excluding carboxylic acids is 1. The molecule has 1 aromatic carbocycles. The summed E-state index contributed by atoms with van der Waals surface area (Å²) in [4.78, 5) is 29.6. The van der Waals surface area contributed by atoms with Gasteiger partial charge in [0, 0.05) is 29.6 Å². The van der Waals surface area contributed by atoms with Crippen molar-refractivity contribution in [3.8, 4) is 0 Å². The van der Waals surface area contributed by atoms with Crippen molar-refractivity contribution in [1.82, 2.24) is 19.8 Å². The van der Waals surface area contributed by atoms with Gasteiger partial charge in [-0.1, -0.05) is 12.1 Å². The van der Waals surface area contributed by atoms with E-state index in [1.807, 2.05) is 45.5 Å². The maximum absolute atomic E-state index is 12.5. The summed E-state index contributed by atoms with van der Waals surface area (Å²) in [5.74, 6) is 0.986. The number of likely N-dealkylation sites (tertiary alicyclic amines) is 1. The maximum atomic E-state index is 12.5. The number of aromatic amines is 1. The Hall–Kier alpha value is -1.89. The minimum Gasteiger partial charge on any atom is -0.333 e. The molecule has 6 nitrogen and oxygen atoms in total. The number of rotatable bonds is 2. The number of carbonyl (C=O) groups is 1. The molecular weight excluding hydrogens is 336 g/mol. The highest BCUT2D eigenvalue weighted by molar-refractivity contribution is 8.02. The van der Waals surface area contributed by atoms with Gasteiger partial charge in [0.15, 0.2) is 0 Å². The van der Waals surface area contributed by atoms with E-state index in [0.717, 1.165) is 29.6 Å². The van der Waals surface area contributed by atoms with E-state index in [0.29, 0.717) is 13.1 Å². The van der Waals surface area contributed by atoms with Crippen molar-refractivity contribution in [3.63, 3.8) is 0 Å². The molecule has 0 aliphatic carbocycles. The molecule has 2 aliphatic rings. The number of H-pyrrole nitrogens is 1. The van der Waals surface area contributed by atoms with E-state index in [2.05, 4.69) is 24.1 Å². The third-order valence-electron chi connectivity index (χ3n) is 5.50. The van der Waals surface area contributed by atoms with Gasteiger partial charge in [-0.15, -0.1) is 0 Å². The Morgan fingerprint density at radius 1 is 1.28 bits per heavy atom. The number of thioether (sulfide) groups is 1. The van der Waals surface area contributed by atoms with E-state index in [4.69, 9.17) is 0 Å². The van der Waals surface area contributed by atoms with Crippen molar-refractivity contribution in [2.45, 2.75) is 43.5 Å². The Morgan fingerprint density at radius 3 is 2.64 bits per heavy atom. The zero-order chi connectivity index (χ0) is 17.6. The molecule has 2 aromatic rings. The molecule has 25 heavy (non-hydrogen) atoms. The number of para-hydroxylation sites is 2. The third kappa shape index (κ3) is 2.94. The van der Waals surface area contributed by atoms with Gasteiger partial charge in [-0.25, -0.2) is 9.59 Å². The molecule has 7 heteroatoms. The summed E-state index contributed by atoms with van der Waals surface area (Å²) in [6, 6.07) is 8.20. The normalized spacial score (nSPS) is 23.4. The summed E-state index contributed by atoms with van der Waals surface area (Å²) in [7, 11) is 0. The first-order chi connectivity index (χ1) is 12.0. The topological polar surface area (TPSA) is 70.1 Å². The van der Waals surface area contributed by atoms with Crippen LogP contribution < -0.4 is 11.0 Å². The van der Waals surface area contributed by atoms with Crippen molar-refractivity contribution in [1.29, 1.82) is 0 Å². The molecule has 4 rings (SSSR count). The summed E-state index contributed by atoms with van der Waals surface area (Å²) in [6.45, 7) is 5.70. The van der Waals surface area contributed by atoms with Gasteiger partial charge in [0.2, 0.25) is 0 Å². The molecule has 0 radical (unpaired) electrons. The molecule has 0 spiro atoms. The highest BCUT2D eigenvalue weighted by Crippen LogP contribution is 2.40. The minimum atomic E-state index is -0.0580. The quantitative estimate of drug-likeness (QED) is 0.865. The van der Waals surface area contributed by atoms with Crippen molar-refractivity contribution >= 4 is 28.8 Å². The number of hydrogen-bond donors (Lipinski definition) is 2. The van der Waals surface area contributed by atoms with Gasteiger partial charge < -0.3 is 15.2 Å². The lowest BCUT2D eigenvalue weighted by Gasteiger charge is -2.45. The average Bonchev–Trinajstić information content (AvgIpc) is 2.94. The number of urea groups is 1. The number of imidazole rings is 1. The molecule has 1 aromatic heterocycles. The highest BCUT2D eigenvalue weighted by Gasteiger charge is 2.41. The van der Waals surface area contributed by atoms with E-state index < -0.39 is 0 Å². The molecule has 2 saturated heterocycles. The van der Waals surface area contributed by atoms with Gasteiger partial charge in [0.25, 0.3) is 0 Å². The molecular formula is C18H24N4O2S. The molecule has 2 fully saturated rings. The molecule has 1 unspecified atom stereocenters. The largest absolute Gasteiger partial charge is 0.333 e. The van der Waals surface area contributed by atoms with Crippen LogP contribution in [0.2, 0.25) is 0 Å². The lowest BCUT2D eigenvalue weighted by Crippen LogP contribution is -2.59. The lowest BCUT2D eigenvalue weighted by molar-refractivity contribution is 0.167. The van der Waals surface area contributed by atoms with Crippen LogP contribution in [0.15, 0.2) is 29.1 Å². The van der Waals surface area contributed by atoms with Crippen LogP contribution in [-0.4, -0.2) is 50.1 Å². The van der Waals surface area contributed by atoms with Crippen molar-refractivity contribution in [2.24, 2.45) is 0 Å². The fourth-order valence-corrected chi connectivity index (χ4v) is 4.86. The first kappa shape index (κ1) is 16.6. The van der Waals surface area contributed by atoms with Gasteiger partial charge in [-0.3, -0.25) is 4.57 Å². The van der Waals surface area contributed by atoms with Crippen LogP contribution in [0.4, 0.5) is 4.79 Å². The van der Waals surface area contributed by atoms with E-state index in [1.54, 1.807) is 0 Å². The monoisotopic (exact) mass is 360 g/mol. The van der Waals surface area contributed by atoms with Crippen LogP contribution in [0.1, 0.15) is 32.7 Å². The zero-order valence-electron chi connectivity index (χ0n) is 14.6. The SMILES string of the molecule is CC1(C)SCC1NC(=O)N1CCC(n2c(=O)[nH]c3ccccc32)CC1. The second kappa shape index (κ2) is 6.12. The lowest BCUT2D eigenvalue weighted by atomic mass is 10.0. The van der Waals surface area contributed by atoms with Crippen LogP contribution in [0.3, 0.4) is 0 Å². The molecule has 1 atom stereocenters. The van der Waals surface area contributed by atoms with Gasteiger partial charge in [-0.2, -0.15) is 11.8 Å². The van der Waals surface area contributed by atoms with Gasteiger partial charge >= 0.3 is 11.7 Å². The van der Waals surface area contributed by atoms with Crippen LogP contribution in [0.25, 0.3) is 11.0 Å². The highest BCUT2D eigenvalue weighted by atomic mass is 32.2. The third-order valence-corrected chi connectivity index (χ3v) is 7.03. The zero-order valence-corrected chi connectivity index (χ0v) is 15.4. The summed E-state index contributed by atoms with van der Waals surface area (Å²) >= 11 is 1.89. The van der Waals surface area contributed by atoms with Crippen molar-refractivity contribution in [2.75, 3.05) is 18.8 Å². The number of hydrogen-bond acceptors (Lipinski definition) is 3. The number of piperidine rings is 1. The van der Waals surface area contributed by atoms with Crippen molar-refractivity contribution < 1.29 is 4.79 Å². The summed E-state index contributed by atoms with van der Waals surface area (Å²) in [5, 5.41) is 3.16. The second-order valence-corrected chi connectivity index (χ2v) is 9.13. The fraction of sp³-hybridized carbons (Fsp3) is 0.556. The number of aromatic nitrogens is 2. The molecule has 134 valence electrons. The number of nitrogens with zero attached hydrogens (tertiary/aromatic N) is 2. The van der Waals surface area contributed by atoms with Crippen LogP contribution in [0.5, 0.6) is 0 Å². The molecule has 2 N–H and O–H groups in total. The second-order valence-electron chi connectivity index (χ2n) is 7.45. The smallest absolute Gasteiger partial charge is 0.326 e. The minimum absolute atomic E-state index is 0.0306. The summed E-state index contributed by atoms with van der Waals surface area (Å²) < 4.78 is 1.99. The number of amides is 2. The summed E-state index contributed by atoms with van der Waals surface area (Å²) in [6.07, 6.45) is 1.61. The number of nitrogens with one attached hydrogen (secondary N) is 2. The van der Waals surface area contributed by atoms with Crippen LogP contribution in [0, 0.1) is 0 Å². The number of benzene rings is 1. The van der Waals surface area contributed by atoms with Crippen molar-refractivity contribution in [3.05, 3.63) is 34.7 Å². The molecule has 3 heterocycles. The van der Waals surface area contributed by atoms with E-state index in [9.17, 15) is 9.59 Å². The van der Waals surface area contributed by atoms with Gasteiger partial charge in [0.05, 0.1) is 17.1 Å². The average molecular weight is 360 g/mol. The Morgan fingerprint density at radius 2 is 2.00 bits per heavy atom. The first-order valence-electron chi connectivity index (χ1n) is 8.84. The van der Waals surface area contributed by atoms with Gasteiger partial charge in [-0.05, 0) is 38.8 Å². The van der Waals surface area contributed by atoms with E-state index >= 15 is 0 Å². The Balaban J connectivity index is 1.42. The standard InChI is InChI=1S/C18H24N4O2S/c1-18(2)15(11-25-18)20-16(23)21-9-7-12(8-10-21)22-14-6-4-3-5-13(14)19-17(22)24/h3-6,12,15H,7-11H2,1-2H3,(H,19,24)(H,20,23). The fourth-order valence-electron chi connectivity index (χ4n) is 3.72. The Labute approximate surface area is 151 Å². The maximum Gasteiger partial charge on any atom is 0.326 e. The van der Waals surface area contributed by atoms with E-state index in [-0.39, 0.29) is 28.6 Å². The van der Waals surface area contributed by atoms with E-state index in [1.165, 1.54) is 0 Å². The van der Waals surface area contributed by atoms with Crippen LogP contribution in [-0.2, 0) is 0 Å². The first-order valence-corrected chi connectivity index (χ1v) is 9.83. The predicted molar refractivity (Wildman–Crippen MR) is 101 cm³/mol. The molecule has 2 amide bonds. The predicted octanol–water partition coefficient (Wildman–Crippen LogP) is 2.57. The Kier molecular flexibility index (Phi) is 4.06. The Bertz CT molecular complexity index is 848. The number of fused-ring (bicyclic) bond motifs is 1. The molecule has 0 saturated carbocycles. The summed E-state index contributed by atoms with van der Waals surface area (Å²) in [5.41, 5.74) is 1.76. The molecule has 0 bridgehead atoms. The van der Waals surface area contributed by atoms with Crippen LogP contribution >= 0.6 is 11.8 Å². The molecule has 2 aliphatic heterocycles.